The van der Waals surface area contributed by atoms with E-state index in [2.05, 4.69) is 15.6 Å². The highest BCUT2D eigenvalue weighted by Crippen LogP contribution is 2.21. The Hall–Kier alpha value is -2.69. The van der Waals surface area contributed by atoms with Crippen LogP contribution in [0.3, 0.4) is 0 Å². The van der Waals surface area contributed by atoms with Gasteiger partial charge in [0.05, 0.1) is 5.92 Å². The SMILES string of the molecule is CC(=O)NCCCCNC(=O)C(Cc1ccncc1)c1ccccc1. The van der Waals surface area contributed by atoms with E-state index < -0.39 is 0 Å². The highest BCUT2D eigenvalue weighted by Gasteiger charge is 2.20. The summed E-state index contributed by atoms with van der Waals surface area (Å²) in [4.78, 5) is 27.5. The van der Waals surface area contributed by atoms with E-state index in [9.17, 15) is 9.59 Å². The minimum Gasteiger partial charge on any atom is -0.356 e. The molecule has 25 heavy (non-hydrogen) atoms. The van der Waals surface area contributed by atoms with Gasteiger partial charge >= 0.3 is 0 Å². The Balaban J connectivity index is 1.91. The van der Waals surface area contributed by atoms with E-state index in [1.807, 2.05) is 42.5 Å². The summed E-state index contributed by atoms with van der Waals surface area (Å²) in [6.07, 6.45) is 5.82. The van der Waals surface area contributed by atoms with Crippen molar-refractivity contribution in [2.24, 2.45) is 0 Å². The van der Waals surface area contributed by atoms with Crippen LogP contribution in [-0.2, 0) is 16.0 Å². The Kier molecular flexibility index (Phi) is 7.63. The molecule has 0 aliphatic rings. The molecule has 1 heterocycles. The van der Waals surface area contributed by atoms with E-state index in [0.29, 0.717) is 19.5 Å². The van der Waals surface area contributed by atoms with E-state index in [-0.39, 0.29) is 17.7 Å². The van der Waals surface area contributed by atoms with Gasteiger partial charge in [-0.15, -0.1) is 0 Å². The highest BCUT2D eigenvalue weighted by molar-refractivity contribution is 5.84. The third-order valence-corrected chi connectivity index (χ3v) is 3.98. The lowest BCUT2D eigenvalue weighted by Gasteiger charge is -2.17. The van der Waals surface area contributed by atoms with Gasteiger partial charge in [0.2, 0.25) is 11.8 Å². The Bertz CT molecular complexity index is 659. The van der Waals surface area contributed by atoms with Crippen molar-refractivity contribution in [1.82, 2.24) is 15.6 Å². The van der Waals surface area contributed by atoms with Gasteiger partial charge < -0.3 is 10.6 Å². The number of amides is 2. The van der Waals surface area contributed by atoms with Gasteiger partial charge in [-0.1, -0.05) is 30.3 Å². The van der Waals surface area contributed by atoms with Gasteiger partial charge in [-0.25, -0.2) is 0 Å². The molecule has 132 valence electrons. The highest BCUT2D eigenvalue weighted by atomic mass is 16.2. The smallest absolute Gasteiger partial charge is 0.227 e. The minimum atomic E-state index is -0.223. The van der Waals surface area contributed by atoms with Crippen LogP contribution in [0.4, 0.5) is 0 Å². The number of hydrogen-bond donors (Lipinski definition) is 2. The van der Waals surface area contributed by atoms with Crippen LogP contribution in [-0.4, -0.2) is 29.9 Å². The van der Waals surface area contributed by atoms with Gasteiger partial charge in [-0.05, 0) is 42.5 Å². The fourth-order valence-electron chi connectivity index (χ4n) is 2.65. The van der Waals surface area contributed by atoms with Gasteiger partial charge in [0.25, 0.3) is 0 Å². The maximum absolute atomic E-state index is 12.7. The Morgan fingerprint density at radius 3 is 2.24 bits per heavy atom. The summed E-state index contributed by atoms with van der Waals surface area (Å²) in [6, 6.07) is 13.7. The zero-order chi connectivity index (χ0) is 17.9. The molecule has 2 N–H and O–H groups in total. The van der Waals surface area contributed by atoms with Crippen LogP contribution in [0.25, 0.3) is 0 Å². The second-order valence-electron chi connectivity index (χ2n) is 6.00. The first kappa shape index (κ1) is 18.6. The fourth-order valence-corrected chi connectivity index (χ4v) is 2.65. The molecule has 5 heteroatoms. The van der Waals surface area contributed by atoms with Crippen molar-refractivity contribution < 1.29 is 9.59 Å². The first-order chi connectivity index (χ1) is 12.2. The van der Waals surface area contributed by atoms with E-state index in [4.69, 9.17) is 0 Å². The summed E-state index contributed by atoms with van der Waals surface area (Å²) >= 11 is 0. The quantitative estimate of drug-likeness (QED) is 0.689. The first-order valence-corrected chi connectivity index (χ1v) is 8.63. The molecule has 1 aromatic carbocycles. The normalized spacial score (nSPS) is 11.6. The molecule has 2 amide bonds. The Labute approximate surface area is 148 Å². The molecule has 0 spiro atoms. The van der Waals surface area contributed by atoms with Crippen molar-refractivity contribution in [3.05, 3.63) is 66.0 Å². The number of nitrogens with zero attached hydrogens (tertiary/aromatic N) is 1. The molecule has 1 atom stereocenters. The molecule has 0 aliphatic heterocycles. The zero-order valence-corrected chi connectivity index (χ0v) is 14.6. The van der Waals surface area contributed by atoms with Crippen LogP contribution in [0.1, 0.15) is 36.8 Å². The second-order valence-corrected chi connectivity index (χ2v) is 6.00. The van der Waals surface area contributed by atoms with Crippen LogP contribution < -0.4 is 10.6 Å². The van der Waals surface area contributed by atoms with Crippen molar-refractivity contribution in [3.8, 4) is 0 Å². The summed E-state index contributed by atoms with van der Waals surface area (Å²) in [5, 5.41) is 5.78. The largest absolute Gasteiger partial charge is 0.356 e. The zero-order valence-electron chi connectivity index (χ0n) is 14.6. The van der Waals surface area contributed by atoms with Gasteiger partial charge in [0.15, 0.2) is 0 Å². The summed E-state index contributed by atoms with van der Waals surface area (Å²) < 4.78 is 0. The number of aromatic nitrogens is 1. The molecule has 0 bridgehead atoms. The van der Waals surface area contributed by atoms with Crippen LogP contribution in [0.2, 0.25) is 0 Å². The third-order valence-electron chi connectivity index (χ3n) is 3.98. The van der Waals surface area contributed by atoms with E-state index in [0.717, 1.165) is 24.0 Å². The van der Waals surface area contributed by atoms with Crippen molar-refractivity contribution in [2.75, 3.05) is 13.1 Å². The number of pyridine rings is 1. The molecular weight excluding hydrogens is 314 g/mol. The standard InChI is InChI=1S/C20H25N3O2/c1-16(24)22-11-5-6-12-23-20(25)19(18-7-3-2-4-8-18)15-17-9-13-21-14-10-17/h2-4,7-10,13-14,19H,5-6,11-12,15H2,1H3,(H,22,24)(H,23,25). The predicted octanol–water partition coefficient (Wildman–Crippen LogP) is 2.44. The average molecular weight is 339 g/mol. The predicted molar refractivity (Wildman–Crippen MR) is 98.1 cm³/mol. The first-order valence-electron chi connectivity index (χ1n) is 8.63. The molecule has 1 aromatic heterocycles. The molecule has 0 aliphatic carbocycles. The molecule has 0 saturated carbocycles. The maximum atomic E-state index is 12.7. The second kappa shape index (κ2) is 10.2. The fraction of sp³-hybridized carbons (Fsp3) is 0.350. The monoisotopic (exact) mass is 339 g/mol. The number of hydrogen-bond acceptors (Lipinski definition) is 3. The lowest BCUT2D eigenvalue weighted by Crippen LogP contribution is -2.32. The van der Waals surface area contributed by atoms with Crippen molar-refractivity contribution in [2.45, 2.75) is 32.1 Å². The number of unbranched alkanes of at least 4 members (excludes halogenated alkanes) is 1. The molecule has 1 unspecified atom stereocenters. The summed E-state index contributed by atoms with van der Waals surface area (Å²) in [7, 11) is 0. The molecule has 2 aromatic rings. The van der Waals surface area contributed by atoms with Gasteiger partial charge in [0, 0.05) is 32.4 Å². The van der Waals surface area contributed by atoms with Crippen LogP contribution in [0.15, 0.2) is 54.9 Å². The number of rotatable bonds is 9. The van der Waals surface area contributed by atoms with Crippen molar-refractivity contribution in [1.29, 1.82) is 0 Å². The summed E-state index contributed by atoms with van der Waals surface area (Å²) in [6.45, 7) is 2.76. The molecular formula is C20H25N3O2. The molecule has 2 rings (SSSR count). The number of carbonyl (C=O) groups excluding carboxylic acids is 2. The lowest BCUT2D eigenvalue weighted by molar-refractivity contribution is -0.122. The number of carbonyl (C=O) groups is 2. The van der Waals surface area contributed by atoms with Crippen molar-refractivity contribution >= 4 is 11.8 Å². The Morgan fingerprint density at radius 1 is 0.960 bits per heavy atom. The summed E-state index contributed by atoms with van der Waals surface area (Å²) in [5.41, 5.74) is 2.10. The van der Waals surface area contributed by atoms with Crippen LogP contribution >= 0.6 is 0 Å². The number of nitrogens with one attached hydrogen (secondary N) is 2. The topological polar surface area (TPSA) is 71.1 Å². The maximum Gasteiger partial charge on any atom is 0.227 e. The third kappa shape index (κ3) is 6.75. The van der Waals surface area contributed by atoms with Gasteiger partial charge in [-0.2, -0.15) is 0 Å². The molecule has 0 radical (unpaired) electrons. The lowest BCUT2D eigenvalue weighted by atomic mass is 9.91. The van der Waals surface area contributed by atoms with Crippen LogP contribution in [0, 0.1) is 0 Å². The molecule has 5 nitrogen and oxygen atoms in total. The van der Waals surface area contributed by atoms with E-state index >= 15 is 0 Å². The summed E-state index contributed by atoms with van der Waals surface area (Å²) in [5.74, 6) is -0.216. The van der Waals surface area contributed by atoms with E-state index in [1.54, 1.807) is 12.4 Å². The Morgan fingerprint density at radius 2 is 1.60 bits per heavy atom. The minimum absolute atomic E-state index is 0.0227. The van der Waals surface area contributed by atoms with Crippen molar-refractivity contribution in [3.63, 3.8) is 0 Å². The average Bonchev–Trinajstić information content (AvgIpc) is 2.63. The number of benzene rings is 1. The van der Waals surface area contributed by atoms with Gasteiger partial charge in [-0.3, -0.25) is 14.6 Å². The molecule has 0 saturated heterocycles. The van der Waals surface area contributed by atoms with Gasteiger partial charge in [0.1, 0.15) is 0 Å². The molecule has 0 fully saturated rings. The van der Waals surface area contributed by atoms with E-state index in [1.165, 1.54) is 6.92 Å². The van der Waals surface area contributed by atoms with Crippen LogP contribution in [0.5, 0.6) is 0 Å².